The molecule has 18 heavy (non-hydrogen) atoms. The second-order valence-electron chi connectivity index (χ2n) is 4.57. The number of aromatic carboxylic acids is 1. The van der Waals surface area contributed by atoms with Gasteiger partial charge in [-0.05, 0) is 36.5 Å². The van der Waals surface area contributed by atoms with E-state index < -0.39 is 11.8 Å². The number of carboxylic acid groups (broad SMARTS) is 1. The number of nitrogens with zero attached hydrogens (tertiary/aromatic N) is 1. The van der Waals surface area contributed by atoms with Crippen LogP contribution >= 0.6 is 11.8 Å². The van der Waals surface area contributed by atoms with Gasteiger partial charge in [0.25, 0.3) is 0 Å². The molecule has 1 aromatic rings. The number of hydrogen-bond donors (Lipinski definition) is 1. The molecule has 1 fully saturated rings. The molecule has 0 heterocycles. The van der Waals surface area contributed by atoms with Gasteiger partial charge in [0.2, 0.25) is 0 Å². The van der Waals surface area contributed by atoms with Gasteiger partial charge in [-0.15, -0.1) is 11.8 Å². The number of carbonyl (C=O) groups is 1. The highest BCUT2D eigenvalue weighted by Crippen LogP contribution is 2.51. The van der Waals surface area contributed by atoms with Gasteiger partial charge < -0.3 is 5.11 Å². The Morgan fingerprint density at radius 1 is 1.56 bits per heavy atom. The van der Waals surface area contributed by atoms with E-state index in [0.717, 1.165) is 12.8 Å². The summed E-state index contributed by atoms with van der Waals surface area (Å²) in [6.45, 7) is 0. The van der Waals surface area contributed by atoms with Gasteiger partial charge in [-0.1, -0.05) is 0 Å². The Balaban J connectivity index is 2.07. The Bertz CT molecular complexity index is 520. The van der Waals surface area contributed by atoms with E-state index in [4.69, 9.17) is 10.4 Å². The van der Waals surface area contributed by atoms with Gasteiger partial charge in [0.1, 0.15) is 5.82 Å². The smallest absolute Gasteiger partial charge is 0.335 e. The highest BCUT2D eigenvalue weighted by Gasteiger charge is 2.42. The molecule has 0 radical (unpaired) electrons. The molecule has 1 saturated carbocycles. The molecule has 0 aromatic heterocycles. The summed E-state index contributed by atoms with van der Waals surface area (Å²) in [5.41, 5.74) is 0.106. The number of rotatable bonds is 5. The number of hydrogen-bond acceptors (Lipinski definition) is 3. The Labute approximate surface area is 109 Å². The summed E-state index contributed by atoms with van der Waals surface area (Å²) >= 11 is 1.30. The molecule has 94 valence electrons. The third-order valence-electron chi connectivity index (χ3n) is 3.12. The van der Waals surface area contributed by atoms with Crippen molar-refractivity contribution in [2.75, 3.05) is 5.75 Å². The Morgan fingerprint density at radius 3 is 2.83 bits per heavy atom. The van der Waals surface area contributed by atoms with Gasteiger partial charge in [0.05, 0.1) is 11.6 Å². The van der Waals surface area contributed by atoms with Crippen LogP contribution < -0.4 is 0 Å². The molecular formula is C13H12FNO2S. The molecular weight excluding hydrogens is 253 g/mol. The zero-order valence-electron chi connectivity index (χ0n) is 9.65. The molecule has 0 bridgehead atoms. The zero-order chi connectivity index (χ0) is 13.2. The van der Waals surface area contributed by atoms with Crippen LogP contribution in [-0.4, -0.2) is 16.8 Å². The van der Waals surface area contributed by atoms with E-state index in [1.165, 1.54) is 30.0 Å². The molecule has 0 atom stereocenters. The molecule has 2 rings (SSSR count). The fourth-order valence-electron chi connectivity index (χ4n) is 1.69. The van der Waals surface area contributed by atoms with Gasteiger partial charge in [-0.2, -0.15) is 5.26 Å². The first-order valence-corrected chi connectivity index (χ1v) is 6.57. The minimum Gasteiger partial charge on any atom is -0.478 e. The number of benzene rings is 1. The van der Waals surface area contributed by atoms with Crippen molar-refractivity contribution in [3.63, 3.8) is 0 Å². The second kappa shape index (κ2) is 4.99. The molecule has 0 unspecified atom stereocenters. The third-order valence-corrected chi connectivity index (χ3v) is 4.50. The molecule has 3 nitrogen and oxygen atoms in total. The van der Waals surface area contributed by atoms with E-state index >= 15 is 0 Å². The van der Waals surface area contributed by atoms with Crippen LogP contribution in [0.5, 0.6) is 0 Å². The maximum atomic E-state index is 13.5. The van der Waals surface area contributed by atoms with Crippen molar-refractivity contribution in [1.82, 2.24) is 0 Å². The van der Waals surface area contributed by atoms with Crippen molar-refractivity contribution < 1.29 is 14.3 Å². The van der Waals surface area contributed by atoms with E-state index in [1.807, 2.05) is 0 Å². The second-order valence-corrected chi connectivity index (χ2v) is 5.59. The van der Waals surface area contributed by atoms with Crippen molar-refractivity contribution >= 4 is 17.7 Å². The van der Waals surface area contributed by atoms with E-state index in [2.05, 4.69) is 6.07 Å². The molecule has 0 saturated heterocycles. The van der Waals surface area contributed by atoms with Crippen LogP contribution in [-0.2, 0) is 0 Å². The van der Waals surface area contributed by atoms with E-state index in [-0.39, 0.29) is 11.0 Å². The predicted molar refractivity (Wildman–Crippen MR) is 66.0 cm³/mol. The minimum absolute atomic E-state index is 0.0189. The highest BCUT2D eigenvalue weighted by atomic mass is 32.2. The fourth-order valence-corrected chi connectivity index (χ4v) is 2.96. The molecule has 0 amide bonds. The lowest BCUT2D eigenvalue weighted by Gasteiger charge is -2.10. The molecule has 5 heteroatoms. The van der Waals surface area contributed by atoms with Crippen LogP contribution in [0.4, 0.5) is 4.39 Å². The normalized spacial score (nSPS) is 16.0. The van der Waals surface area contributed by atoms with Crippen molar-refractivity contribution in [3.05, 3.63) is 29.6 Å². The predicted octanol–water partition coefficient (Wildman–Crippen LogP) is 3.31. The molecule has 1 aromatic carbocycles. The fraction of sp³-hybridized carbons (Fsp3) is 0.385. The first-order chi connectivity index (χ1) is 8.56. The average Bonchev–Trinajstić information content (AvgIpc) is 3.08. The summed E-state index contributed by atoms with van der Waals surface area (Å²) < 4.78 is 13.5. The monoisotopic (exact) mass is 265 g/mol. The van der Waals surface area contributed by atoms with Gasteiger partial charge in [-0.3, -0.25) is 0 Å². The first kappa shape index (κ1) is 12.9. The Hall–Kier alpha value is -1.54. The molecule has 1 aliphatic carbocycles. The van der Waals surface area contributed by atoms with Crippen LogP contribution in [0.15, 0.2) is 23.1 Å². The van der Waals surface area contributed by atoms with Crippen molar-refractivity contribution in [3.8, 4) is 6.07 Å². The maximum Gasteiger partial charge on any atom is 0.335 e. The summed E-state index contributed by atoms with van der Waals surface area (Å²) in [6.07, 6.45) is 2.47. The lowest BCUT2D eigenvalue weighted by Crippen LogP contribution is -2.03. The number of thioether (sulfide) groups is 1. The average molecular weight is 265 g/mol. The zero-order valence-corrected chi connectivity index (χ0v) is 10.5. The van der Waals surface area contributed by atoms with E-state index in [1.54, 1.807) is 0 Å². The number of nitriles is 1. The molecule has 0 aliphatic heterocycles. The molecule has 1 aliphatic rings. The SMILES string of the molecule is N#CCC1(CSc2cc(C(=O)O)ccc2F)CC1. The van der Waals surface area contributed by atoms with Crippen molar-refractivity contribution in [2.45, 2.75) is 24.2 Å². The van der Waals surface area contributed by atoms with Crippen LogP contribution in [0.1, 0.15) is 29.6 Å². The Morgan fingerprint density at radius 2 is 2.28 bits per heavy atom. The number of halogens is 1. The molecule has 0 spiro atoms. The topological polar surface area (TPSA) is 61.1 Å². The number of carboxylic acids is 1. The summed E-state index contributed by atoms with van der Waals surface area (Å²) in [6, 6.07) is 5.93. The first-order valence-electron chi connectivity index (χ1n) is 5.59. The largest absolute Gasteiger partial charge is 0.478 e. The lowest BCUT2D eigenvalue weighted by atomic mass is 10.1. The summed E-state index contributed by atoms with van der Waals surface area (Å²) in [5.74, 6) is -0.798. The maximum absolute atomic E-state index is 13.5. The quantitative estimate of drug-likeness (QED) is 0.830. The summed E-state index contributed by atoms with van der Waals surface area (Å²) in [7, 11) is 0. The van der Waals surface area contributed by atoms with E-state index in [9.17, 15) is 9.18 Å². The third kappa shape index (κ3) is 2.82. The molecule has 1 N–H and O–H groups in total. The van der Waals surface area contributed by atoms with Crippen LogP contribution in [0.25, 0.3) is 0 Å². The summed E-state index contributed by atoms with van der Waals surface area (Å²) in [5, 5.41) is 17.5. The van der Waals surface area contributed by atoms with Crippen LogP contribution in [0.2, 0.25) is 0 Å². The minimum atomic E-state index is -1.06. The van der Waals surface area contributed by atoms with Gasteiger partial charge in [-0.25, -0.2) is 9.18 Å². The van der Waals surface area contributed by atoms with Gasteiger partial charge in [0, 0.05) is 17.1 Å². The highest BCUT2D eigenvalue weighted by molar-refractivity contribution is 7.99. The van der Waals surface area contributed by atoms with E-state index in [0.29, 0.717) is 17.1 Å². The van der Waals surface area contributed by atoms with Crippen LogP contribution in [0, 0.1) is 22.6 Å². The van der Waals surface area contributed by atoms with Crippen molar-refractivity contribution in [1.29, 1.82) is 5.26 Å². The van der Waals surface area contributed by atoms with Crippen molar-refractivity contribution in [2.24, 2.45) is 5.41 Å². The lowest BCUT2D eigenvalue weighted by molar-refractivity contribution is 0.0696. The summed E-state index contributed by atoms with van der Waals surface area (Å²) in [4.78, 5) is 11.2. The van der Waals surface area contributed by atoms with Gasteiger partial charge >= 0.3 is 5.97 Å². The standard InChI is InChI=1S/C13H12FNO2S/c14-10-2-1-9(12(16)17)7-11(10)18-8-13(3-4-13)5-6-15/h1-2,7H,3-5,8H2,(H,16,17). The van der Waals surface area contributed by atoms with Gasteiger partial charge in [0.15, 0.2) is 0 Å². The Kier molecular flexibility index (Phi) is 3.58. The van der Waals surface area contributed by atoms with Crippen LogP contribution in [0.3, 0.4) is 0 Å².